The molecule has 2 rings (SSSR count). The Morgan fingerprint density at radius 2 is 1.86 bits per heavy atom. The molecule has 1 atom stereocenters. The van der Waals surface area contributed by atoms with Crippen molar-refractivity contribution in [3.8, 4) is 5.75 Å². The smallest absolute Gasteiger partial charge is 0.408 e. The van der Waals surface area contributed by atoms with Gasteiger partial charge in [-0.25, -0.2) is 9.59 Å². The number of nitrogens with one attached hydrogen (secondary N) is 1. The van der Waals surface area contributed by atoms with Gasteiger partial charge in [0.2, 0.25) is 0 Å². The lowest BCUT2D eigenvalue weighted by molar-refractivity contribution is -0.139. The third-order valence-corrected chi connectivity index (χ3v) is 4.56. The highest BCUT2D eigenvalue weighted by molar-refractivity contribution is 5.80. The van der Waals surface area contributed by atoms with Crippen LogP contribution in [0.3, 0.4) is 0 Å². The summed E-state index contributed by atoms with van der Waals surface area (Å²) in [7, 11) is 2.08. The topological polar surface area (TPSA) is 102 Å². The zero-order valence-corrected chi connectivity index (χ0v) is 17.1. The van der Waals surface area contributed by atoms with Gasteiger partial charge in [0.15, 0.2) is 0 Å². The number of rotatable bonds is 6. The van der Waals surface area contributed by atoms with Crippen molar-refractivity contribution in [2.24, 2.45) is 0 Å². The number of hydrogen-bond acceptors (Lipinski definition) is 6. The van der Waals surface area contributed by atoms with E-state index in [2.05, 4.69) is 22.2 Å². The van der Waals surface area contributed by atoms with Crippen molar-refractivity contribution in [3.63, 3.8) is 0 Å². The minimum absolute atomic E-state index is 0.102. The van der Waals surface area contributed by atoms with E-state index in [-0.39, 0.29) is 12.2 Å². The highest BCUT2D eigenvalue weighted by Crippen LogP contribution is 2.22. The summed E-state index contributed by atoms with van der Waals surface area (Å²) in [6.45, 7) is 9.52. The molecule has 28 heavy (non-hydrogen) atoms. The highest BCUT2D eigenvalue weighted by Gasteiger charge is 2.24. The Bertz CT molecular complexity index is 694. The number of amides is 1. The number of phenols is 1. The number of nitrogens with zero attached hydrogens (tertiary/aromatic N) is 2. The molecule has 0 saturated carbocycles. The summed E-state index contributed by atoms with van der Waals surface area (Å²) in [5.74, 6) is -0.950. The fourth-order valence-corrected chi connectivity index (χ4v) is 3.02. The molecule has 1 aromatic carbocycles. The number of carboxylic acid groups (broad SMARTS) is 1. The van der Waals surface area contributed by atoms with E-state index in [0.29, 0.717) is 6.54 Å². The molecule has 1 aliphatic rings. The second-order valence-corrected chi connectivity index (χ2v) is 8.28. The summed E-state index contributed by atoms with van der Waals surface area (Å²) >= 11 is 0. The number of aliphatic carboxylic acids is 1. The van der Waals surface area contributed by atoms with Crippen LogP contribution in [-0.2, 0) is 22.5 Å². The monoisotopic (exact) mass is 393 g/mol. The lowest BCUT2D eigenvalue weighted by atomic mass is 10.0. The molecule has 0 aliphatic carbocycles. The zero-order chi connectivity index (χ0) is 20.9. The first-order valence-corrected chi connectivity index (χ1v) is 9.47. The second-order valence-electron chi connectivity index (χ2n) is 8.28. The van der Waals surface area contributed by atoms with Gasteiger partial charge in [0.1, 0.15) is 17.4 Å². The average molecular weight is 393 g/mol. The minimum atomic E-state index is -1.14. The third-order valence-electron chi connectivity index (χ3n) is 4.56. The second kappa shape index (κ2) is 9.25. The Hall–Kier alpha value is -2.32. The molecule has 1 amide bonds. The first kappa shape index (κ1) is 22.0. The van der Waals surface area contributed by atoms with Crippen molar-refractivity contribution in [2.45, 2.75) is 45.4 Å². The molecule has 0 aromatic heterocycles. The molecule has 1 aliphatic heterocycles. The summed E-state index contributed by atoms with van der Waals surface area (Å²) in [5, 5.41) is 22.1. The average Bonchev–Trinajstić information content (AvgIpc) is 2.57. The van der Waals surface area contributed by atoms with E-state index < -0.39 is 23.7 Å². The lowest BCUT2D eigenvalue weighted by Crippen LogP contribution is -2.44. The number of benzene rings is 1. The molecule has 1 fully saturated rings. The third kappa shape index (κ3) is 7.01. The van der Waals surface area contributed by atoms with Gasteiger partial charge in [0.05, 0.1) is 0 Å². The van der Waals surface area contributed by atoms with Gasteiger partial charge < -0.3 is 25.2 Å². The van der Waals surface area contributed by atoms with Gasteiger partial charge in [-0.2, -0.15) is 0 Å². The van der Waals surface area contributed by atoms with E-state index in [9.17, 15) is 19.8 Å². The number of likely N-dealkylation sites (N-methyl/N-ethyl adjacent to an activating group) is 1. The minimum Gasteiger partial charge on any atom is -0.508 e. The van der Waals surface area contributed by atoms with Crippen molar-refractivity contribution in [2.75, 3.05) is 33.2 Å². The Kier molecular flexibility index (Phi) is 7.26. The molecule has 0 bridgehead atoms. The Balaban J connectivity index is 2.04. The van der Waals surface area contributed by atoms with Crippen LogP contribution in [-0.4, -0.2) is 76.9 Å². The summed E-state index contributed by atoms with van der Waals surface area (Å²) in [6.07, 6.45) is -0.665. The molecule has 1 aromatic rings. The van der Waals surface area contributed by atoms with Crippen LogP contribution in [0.25, 0.3) is 0 Å². The Labute approximate surface area is 166 Å². The van der Waals surface area contributed by atoms with Crippen molar-refractivity contribution >= 4 is 12.1 Å². The van der Waals surface area contributed by atoms with Crippen LogP contribution in [0.15, 0.2) is 18.2 Å². The number of carboxylic acids is 1. The lowest BCUT2D eigenvalue weighted by Gasteiger charge is -2.32. The quantitative estimate of drug-likeness (QED) is 0.675. The molecule has 0 radical (unpaired) electrons. The number of ether oxygens (including phenoxy) is 1. The summed E-state index contributed by atoms with van der Waals surface area (Å²) < 4.78 is 5.14. The van der Waals surface area contributed by atoms with Gasteiger partial charge in [-0.1, -0.05) is 12.1 Å². The van der Waals surface area contributed by atoms with E-state index in [1.807, 2.05) is 0 Å². The van der Waals surface area contributed by atoms with Crippen LogP contribution >= 0.6 is 0 Å². The summed E-state index contributed by atoms with van der Waals surface area (Å²) in [5.41, 5.74) is 0.773. The van der Waals surface area contributed by atoms with Gasteiger partial charge in [0, 0.05) is 44.7 Å². The van der Waals surface area contributed by atoms with Crippen molar-refractivity contribution in [1.29, 1.82) is 0 Å². The molecule has 1 saturated heterocycles. The number of phenolic OH excluding ortho intramolecular Hbond substituents is 1. The molecule has 8 nitrogen and oxygen atoms in total. The molecule has 1 heterocycles. The van der Waals surface area contributed by atoms with Gasteiger partial charge >= 0.3 is 12.1 Å². The number of alkyl carbamates (subject to hydrolysis) is 1. The first-order valence-electron chi connectivity index (χ1n) is 9.47. The van der Waals surface area contributed by atoms with E-state index in [1.54, 1.807) is 39.0 Å². The first-order chi connectivity index (χ1) is 13.0. The zero-order valence-electron chi connectivity index (χ0n) is 17.1. The normalized spacial score (nSPS) is 17.1. The number of carbonyl (C=O) groups is 2. The van der Waals surface area contributed by atoms with E-state index in [4.69, 9.17) is 4.74 Å². The molecular weight excluding hydrogens is 362 g/mol. The maximum absolute atomic E-state index is 11.9. The fourth-order valence-electron chi connectivity index (χ4n) is 3.02. The predicted octanol–water partition coefficient (Wildman–Crippen LogP) is 1.66. The molecule has 156 valence electrons. The van der Waals surface area contributed by atoms with Crippen LogP contribution in [0.1, 0.15) is 31.9 Å². The molecule has 3 N–H and O–H groups in total. The van der Waals surface area contributed by atoms with Crippen LogP contribution in [0.4, 0.5) is 4.79 Å². The number of carbonyl (C=O) groups excluding carboxylic acids is 1. The van der Waals surface area contributed by atoms with Crippen LogP contribution in [0.2, 0.25) is 0 Å². The molecular formula is C20H31N3O5. The summed E-state index contributed by atoms with van der Waals surface area (Å²) in [6, 6.07) is 3.94. The maximum Gasteiger partial charge on any atom is 0.408 e. The SMILES string of the molecule is CN1CCN(Cc2cc(CC(NC(=O)OC(C)(C)C)C(=O)O)ccc2O)CC1. The van der Waals surface area contributed by atoms with Gasteiger partial charge in [0.25, 0.3) is 0 Å². The van der Waals surface area contributed by atoms with Crippen LogP contribution in [0.5, 0.6) is 5.75 Å². The van der Waals surface area contributed by atoms with Crippen LogP contribution in [0, 0.1) is 0 Å². The van der Waals surface area contributed by atoms with Crippen LogP contribution < -0.4 is 5.32 Å². The fraction of sp³-hybridized carbons (Fsp3) is 0.600. The van der Waals surface area contributed by atoms with E-state index in [1.165, 1.54) is 0 Å². The molecule has 8 heteroatoms. The standard InChI is InChI=1S/C20H31N3O5/c1-20(2,3)28-19(27)21-16(18(25)26)12-14-5-6-17(24)15(11-14)13-23-9-7-22(4)8-10-23/h5-6,11,16,24H,7-10,12-13H2,1-4H3,(H,21,27)(H,25,26). The van der Waals surface area contributed by atoms with E-state index >= 15 is 0 Å². The van der Waals surface area contributed by atoms with Gasteiger partial charge in [-0.05, 0) is 39.4 Å². The Morgan fingerprint density at radius 3 is 2.43 bits per heavy atom. The molecule has 0 spiro atoms. The maximum atomic E-state index is 11.9. The van der Waals surface area contributed by atoms with Crippen molar-refractivity contribution in [3.05, 3.63) is 29.3 Å². The largest absolute Gasteiger partial charge is 0.508 e. The number of aromatic hydroxyl groups is 1. The van der Waals surface area contributed by atoms with Crippen molar-refractivity contribution in [1.82, 2.24) is 15.1 Å². The number of hydrogen-bond donors (Lipinski definition) is 3. The van der Waals surface area contributed by atoms with E-state index in [0.717, 1.165) is 37.3 Å². The molecule has 1 unspecified atom stereocenters. The highest BCUT2D eigenvalue weighted by atomic mass is 16.6. The predicted molar refractivity (Wildman–Crippen MR) is 105 cm³/mol. The number of piperazine rings is 1. The summed E-state index contributed by atoms with van der Waals surface area (Å²) in [4.78, 5) is 28.0. The Morgan fingerprint density at radius 1 is 1.21 bits per heavy atom. The van der Waals surface area contributed by atoms with Crippen molar-refractivity contribution < 1.29 is 24.5 Å². The van der Waals surface area contributed by atoms with Gasteiger partial charge in [-0.3, -0.25) is 4.90 Å². The van der Waals surface area contributed by atoms with Gasteiger partial charge in [-0.15, -0.1) is 0 Å².